The van der Waals surface area contributed by atoms with Gasteiger partial charge in [-0.15, -0.1) is 0 Å². The molecule has 0 fully saturated rings. The molecule has 154 valence electrons. The number of dihydropyridines is 1. The van der Waals surface area contributed by atoms with Gasteiger partial charge in [0.25, 0.3) is 5.69 Å². The summed E-state index contributed by atoms with van der Waals surface area (Å²) in [5.41, 5.74) is 1.91. The molecule has 2 aromatic rings. The Hall–Kier alpha value is -3.46. The first-order chi connectivity index (χ1) is 14.3. The van der Waals surface area contributed by atoms with E-state index in [2.05, 4.69) is 5.32 Å². The Balaban J connectivity index is 1.96. The molecule has 2 aliphatic heterocycles. The second kappa shape index (κ2) is 7.10. The van der Waals surface area contributed by atoms with Crippen LogP contribution in [0.4, 0.5) is 5.69 Å². The van der Waals surface area contributed by atoms with Crippen molar-refractivity contribution in [3.8, 4) is 0 Å². The van der Waals surface area contributed by atoms with Crippen molar-refractivity contribution in [2.45, 2.75) is 24.7 Å². The van der Waals surface area contributed by atoms with Gasteiger partial charge in [0, 0.05) is 23.4 Å². The van der Waals surface area contributed by atoms with Crippen molar-refractivity contribution in [3.63, 3.8) is 0 Å². The minimum atomic E-state index is -3.89. The lowest BCUT2D eigenvalue weighted by Gasteiger charge is -2.29. The van der Waals surface area contributed by atoms with Crippen LogP contribution in [0.25, 0.3) is 5.70 Å². The molecule has 0 saturated carbocycles. The van der Waals surface area contributed by atoms with Gasteiger partial charge in [0.15, 0.2) is 0 Å². The highest BCUT2D eigenvalue weighted by atomic mass is 32.2. The number of esters is 1. The molecule has 4 rings (SSSR count). The van der Waals surface area contributed by atoms with Crippen molar-refractivity contribution in [2.75, 3.05) is 6.61 Å². The number of nitrogens with one attached hydrogen (secondary N) is 1. The summed E-state index contributed by atoms with van der Waals surface area (Å²) >= 11 is 0. The molecule has 0 amide bonds. The van der Waals surface area contributed by atoms with Crippen LogP contribution >= 0.6 is 0 Å². The van der Waals surface area contributed by atoms with Crippen LogP contribution in [-0.2, 0) is 19.4 Å². The van der Waals surface area contributed by atoms with Gasteiger partial charge in [-0.1, -0.05) is 30.3 Å². The number of sulfone groups is 1. The Morgan fingerprint density at radius 1 is 1.17 bits per heavy atom. The fraction of sp³-hybridized carbons (Fsp3) is 0.190. The molecule has 1 N–H and O–H groups in total. The summed E-state index contributed by atoms with van der Waals surface area (Å²) in [4.78, 5) is 23.5. The molecule has 0 radical (unpaired) electrons. The first-order valence-electron chi connectivity index (χ1n) is 9.25. The predicted octanol–water partition coefficient (Wildman–Crippen LogP) is 3.27. The molecule has 30 heavy (non-hydrogen) atoms. The highest BCUT2D eigenvalue weighted by Crippen LogP contribution is 2.50. The number of nitro groups is 1. The number of non-ortho nitro benzene ring substituents is 1. The van der Waals surface area contributed by atoms with Crippen molar-refractivity contribution in [1.29, 1.82) is 0 Å². The number of carbonyl (C=O) groups is 1. The maximum Gasteiger partial charge on any atom is 0.336 e. The van der Waals surface area contributed by atoms with E-state index < -0.39 is 26.6 Å². The molecular weight excluding hydrogens is 408 g/mol. The zero-order chi connectivity index (χ0) is 21.6. The van der Waals surface area contributed by atoms with Crippen LogP contribution in [0.5, 0.6) is 0 Å². The van der Waals surface area contributed by atoms with E-state index in [0.717, 1.165) is 0 Å². The molecule has 0 unspecified atom stereocenters. The summed E-state index contributed by atoms with van der Waals surface area (Å²) in [6.07, 6.45) is 0. The predicted molar refractivity (Wildman–Crippen MR) is 109 cm³/mol. The van der Waals surface area contributed by atoms with Gasteiger partial charge in [-0.2, -0.15) is 0 Å². The van der Waals surface area contributed by atoms with E-state index >= 15 is 0 Å². The van der Waals surface area contributed by atoms with Crippen molar-refractivity contribution in [2.24, 2.45) is 0 Å². The number of benzene rings is 2. The number of fused-ring (bicyclic) bond motifs is 2. The van der Waals surface area contributed by atoms with Gasteiger partial charge >= 0.3 is 5.97 Å². The largest absolute Gasteiger partial charge is 0.463 e. The van der Waals surface area contributed by atoms with Crippen molar-refractivity contribution in [3.05, 3.63) is 85.9 Å². The molecule has 0 aliphatic carbocycles. The second-order valence-electron chi connectivity index (χ2n) is 6.90. The van der Waals surface area contributed by atoms with Gasteiger partial charge in [-0.05, 0) is 25.5 Å². The molecular formula is C21H18N2O6S. The standard InChI is InChI=1S/C21H18N2O6S/c1-3-29-21(24)17-12(2)22-19-15-6-4-5-7-16(15)30(27,28)20(19)18(17)13-8-10-14(11-9-13)23(25)26/h4-11,18,22H,3H2,1-2H3/t18-/m0/s1. The van der Waals surface area contributed by atoms with E-state index in [1.807, 2.05) is 0 Å². The Kier molecular flexibility index (Phi) is 4.70. The summed E-state index contributed by atoms with van der Waals surface area (Å²) in [5.74, 6) is -1.58. The summed E-state index contributed by atoms with van der Waals surface area (Å²) in [7, 11) is -3.89. The molecule has 0 saturated heterocycles. The highest BCUT2D eigenvalue weighted by Gasteiger charge is 2.46. The van der Waals surface area contributed by atoms with Crippen molar-refractivity contribution in [1.82, 2.24) is 5.32 Å². The van der Waals surface area contributed by atoms with Gasteiger partial charge in [0.2, 0.25) is 9.84 Å². The zero-order valence-electron chi connectivity index (χ0n) is 16.2. The first-order valence-corrected chi connectivity index (χ1v) is 10.7. The number of nitro benzene ring substituents is 1. The summed E-state index contributed by atoms with van der Waals surface area (Å²) in [6.45, 7) is 3.47. The quantitative estimate of drug-likeness (QED) is 0.453. The van der Waals surface area contributed by atoms with Crippen LogP contribution < -0.4 is 5.32 Å². The maximum atomic E-state index is 13.4. The Labute approximate surface area is 172 Å². The lowest BCUT2D eigenvalue weighted by atomic mass is 9.85. The number of carbonyl (C=O) groups excluding carboxylic acids is 1. The van der Waals surface area contributed by atoms with Crippen LogP contribution in [0.15, 0.2) is 69.6 Å². The van der Waals surface area contributed by atoms with Gasteiger partial charge in [-0.3, -0.25) is 10.1 Å². The molecule has 8 nitrogen and oxygen atoms in total. The Morgan fingerprint density at radius 2 is 1.83 bits per heavy atom. The topological polar surface area (TPSA) is 116 Å². The molecule has 0 spiro atoms. The molecule has 9 heteroatoms. The fourth-order valence-corrected chi connectivity index (χ4v) is 5.86. The van der Waals surface area contributed by atoms with Crippen molar-refractivity contribution >= 4 is 27.2 Å². The third kappa shape index (κ3) is 2.89. The molecule has 0 bridgehead atoms. The summed E-state index contributed by atoms with van der Waals surface area (Å²) in [5, 5.41) is 14.1. The van der Waals surface area contributed by atoms with Gasteiger partial charge in [0.05, 0.1) is 38.5 Å². The van der Waals surface area contributed by atoms with E-state index in [0.29, 0.717) is 22.5 Å². The first kappa shape index (κ1) is 19.8. The maximum absolute atomic E-state index is 13.4. The van der Waals surface area contributed by atoms with E-state index in [4.69, 9.17) is 4.74 Å². The van der Waals surface area contributed by atoms with E-state index in [-0.39, 0.29) is 27.7 Å². The van der Waals surface area contributed by atoms with E-state index in [1.165, 1.54) is 30.3 Å². The molecule has 0 aromatic heterocycles. The van der Waals surface area contributed by atoms with E-state index in [1.54, 1.807) is 32.0 Å². The third-order valence-corrected chi connectivity index (χ3v) is 7.14. The molecule has 2 aliphatic rings. The van der Waals surface area contributed by atoms with Gasteiger partial charge < -0.3 is 10.1 Å². The number of hydrogen-bond donors (Lipinski definition) is 1. The molecule has 2 heterocycles. The molecule has 1 atom stereocenters. The second-order valence-corrected chi connectivity index (χ2v) is 8.79. The van der Waals surface area contributed by atoms with Crippen LogP contribution in [0.2, 0.25) is 0 Å². The third-order valence-electron chi connectivity index (χ3n) is 5.18. The number of nitrogens with zero attached hydrogens (tertiary/aromatic N) is 1. The Bertz CT molecular complexity index is 1240. The van der Waals surface area contributed by atoms with Crippen LogP contribution in [0.1, 0.15) is 30.9 Å². The average molecular weight is 426 g/mol. The fourth-order valence-electron chi connectivity index (χ4n) is 3.91. The minimum absolute atomic E-state index is 0.0474. The van der Waals surface area contributed by atoms with E-state index in [9.17, 15) is 23.3 Å². The Morgan fingerprint density at radius 3 is 2.47 bits per heavy atom. The minimum Gasteiger partial charge on any atom is -0.463 e. The zero-order valence-corrected chi connectivity index (χ0v) is 17.0. The lowest BCUT2D eigenvalue weighted by Crippen LogP contribution is -2.29. The number of allylic oxidation sites excluding steroid dienone is 2. The van der Waals surface area contributed by atoms with Gasteiger partial charge in [-0.25, -0.2) is 13.2 Å². The molecule has 2 aromatic carbocycles. The monoisotopic (exact) mass is 426 g/mol. The van der Waals surface area contributed by atoms with Crippen LogP contribution in [0, 0.1) is 10.1 Å². The lowest BCUT2D eigenvalue weighted by molar-refractivity contribution is -0.384. The highest BCUT2D eigenvalue weighted by molar-refractivity contribution is 7.96. The SMILES string of the molecule is CCOC(=O)C1=C(C)NC2=C([C@H]1c1ccc([N+](=O)[O-])cc1)S(=O)(=O)c1ccccc12. The summed E-state index contributed by atoms with van der Waals surface area (Å²) in [6, 6.07) is 12.2. The van der Waals surface area contributed by atoms with Crippen LogP contribution in [-0.4, -0.2) is 25.9 Å². The number of hydrogen-bond acceptors (Lipinski definition) is 7. The van der Waals surface area contributed by atoms with Crippen LogP contribution in [0.3, 0.4) is 0 Å². The van der Waals surface area contributed by atoms with Gasteiger partial charge in [0.1, 0.15) is 0 Å². The normalized spacial score (nSPS) is 19.1. The summed E-state index contributed by atoms with van der Waals surface area (Å²) < 4.78 is 32.1. The number of rotatable bonds is 4. The average Bonchev–Trinajstić information content (AvgIpc) is 2.94. The van der Waals surface area contributed by atoms with Crippen molar-refractivity contribution < 1.29 is 22.9 Å². The smallest absolute Gasteiger partial charge is 0.336 e. The number of ether oxygens (including phenoxy) is 1.